The quantitative estimate of drug-likeness (QED) is 0.533. The van der Waals surface area contributed by atoms with Crippen molar-refractivity contribution in [1.82, 2.24) is 9.55 Å². The Hall–Kier alpha value is -2.24. The van der Waals surface area contributed by atoms with E-state index in [0.717, 1.165) is 4.57 Å². The van der Waals surface area contributed by atoms with Crippen LogP contribution in [0.1, 0.15) is 0 Å². The highest BCUT2D eigenvalue weighted by Gasteiger charge is 2.13. The second-order valence-corrected chi connectivity index (χ2v) is 2.84. The van der Waals surface area contributed by atoms with Crippen LogP contribution < -0.4 is 11.5 Å². The zero-order valence-corrected chi connectivity index (χ0v) is 7.14. The fourth-order valence-electron chi connectivity index (χ4n) is 1.31. The number of anilines is 2. The Labute approximate surface area is 78.8 Å². The zero-order chi connectivity index (χ0) is 10.3. The maximum absolute atomic E-state index is 10.8. The molecule has 1 heterocycles. The molecular formula is C8H8N4O2. The number of hydrogen-bond donors (Lipinski definition) is 3. The topological polar surface area (TPSA) is 107 Å². The van der Waals surface area contributed by atoms with Crippen LogP contribution in [0.5, 0.6) is 0 Å². The van der Waals surface area contributed by atoms with Gasteiger partial charge in [-0.15, -0.1) is 0 Å². The van der Waals surface area contributed by atoms with Crippen molar-refractivity contribution in [3.8, 4) is 0 Å². The number of rotatable bonds is 0. The number of carbonyl (C=O) groups is 1. The van der Waals surface area contributed by atoms with Crippen molar-refractivity contribution in [2.45, 2.75) is 0 Å². The minimum Gasteiger partial charge on any atom is -0.464 e. The van der Waals surface area contributed by atoms with Crippen molar-refractivity contribution in [2.24, 2.45) is 0 Å². The molecule has 2 aromatic rings. The molecule has 0 radical (unpaired) electrons. The van der Waals surface area contributed by atoms with E-state index >= 15 is 0 Å². The summed E-state index contributed by atoms with van der Waals surface area (Å²) < 4.78 is 0.895. The van der Waals surface area contributed by atoms with Gasteiger partial charge in [-0.1, -0.05) is 0 Å². The number of aromatic nitrogens is 2. The standard InChI is InChI=1S/C8H8N4O2/c9-4-1-2-5-6(3-4)12(8(13)14)7(10)11-5/h1-3H,9H2,(H2,10,11)(H,13,14). The lowest BCUT2D eigenvalue weighted by molar-refractivity contribution is 0.198. The third kappa shape index (κ3) is 1.05. The van der Waals surface area contributed by atoms with Gasteiger partial charge in [-0.05, 0) is 18.2 Å². The molecule has 0 bridgehead atoms. The van der Waals surface area contributed by atoms with Crippen LogP contribution in [-0.2, 0) is 0 Å². The molecular weight excluding hydrogens is 184 g/mol. The SMILES string of the molecule is Nc1ccc2nc(N)n(C(=O)O)c2c1. The van der Waals surface area contributed by atoms with Gasteiger partial charge in [-0.25, -0.2) is 14.3 Å². The Morgan fingerprint density at radius 1 is 1.43 bits per heavy atom. The molecule has 0 amide bonds. The molecule has 0 atom stereocenters. The van der Waals surface area contributed by atoms with E-state index in [1.807, 2.05) is 0 Å². The minimum absolute atomic E-state index is 0.0573. The largest absolute Gasteiger partial charge is 0.464 e. The molecule has 0 saturated heterocycles. The molecule has 72 valence electrons. The van der Waals surface area contributed by atoms with Crippen molar-refractivity contribution in [3.63, 3.8) is 0 Å². The molecule has 0 aliphatic heterocycles. The van der Waals surface area contributed by atoms with Crippen LogP contribution in [0, 0.1) is 0 Å². The molecule has 14 heavy (non-hydrogen) atoms. The van der Waals surface area contributed by atoms with Gasteiger partial charge in [0.1, 0.15) is 0 Å². The zero-order valence-electron chi connectivity index (χ0n) is 7.14. The molecule has 6 nitrogen and oxygen atoms in total. The van der Waals surface area contributed by atoms with Gasteiger partial charge in [-0.2, -0.15) is 0 Å². The normalized spacial score (nSPS) is 10.6. The molecule has 1 aromatic heterocycles. The average Bonchev–Trinajstić information content (AvgIpc) is 2.40. The van der Waals surface area contributed by atoms with Crippen LogP contribution in [0.25, 0.3) is 11.0 Å². The summed E-state index contributed by atoms with van der Waals surface area (Å²) in [6.07, 6.45) is -1.17. The molecule has 0 spiro atoms. The average molecular weight is 192 g/mol. The van der Waals surface area contributed by atoms with E-state index in [0.29, 0.717) is 16.7 Å². The second kappa shape index (κ2) is 2.63. The first-order chi connectivity index (χ1) is 6.59. The molecule has 0 saturated carbocycles. The van der Waals surface area contributed by atoms with Crippen molar-refractivity contribution >= 4 is 28.8 Å². The Morgan fingerprint density at radius 2 is 2.14 bits per heavy atom. The summed E-state index contributed by atoms with van der Waals surface area (Å²) in [5, 5.41) is 8.85. The number of carboxylic acid groups (broad SMARTS) is 1. The lowest BCUT2D eigenvalue weighted by Gasteiger charge is -1.98. The summed E-state index contributed by atoms with van der Waals surface area (Å²) in [6, 6.07) is 4.79. The van der Waals surface area contributed by atoms with Crippen LogP contribution in [0.4, 0.5) is 16.4 Å². The van der Waals surface area contributed by atoms with Gasteiger partial charge >= 0.3 is 6.09 Å². The molecule has 0 unspecified atom stereocenters. The third-order valence-electron chi connectivity index (χ3n) is 1.90. The molecule has 0 fully saturated rings. The number of fused-ring (bicyclic) bond motifs is 1. The van der Waals surface area contributed by atoms with Crippen molar-refractivity contribution in [1.29, 1.82) is 0 Å². The highest BCUT2D eigenvalue weighted by molar-refractivity contribution is 5.90. The smallest absolute Gasteiger partial charge is 0.418 e. The fraction of sp³-hybridized carbons (Fsp3) is 0. The summed E-state index contributed by atoms with van der Waals surface area (Å²) in [5.41, 5.74) is 12.3. The van der Waals surface area contributed by atoms with Crippen LogP contribution >= 0.6 is 0 Å². The van der Waals surface area contributed by atoms with E-state index < -0.39 is 6.09 Å². The van der Waals surface area contributed by atoms with E-state index in [1.54, 1.807) is 12.1 Å². The predicted molar refractivity (Wildman–Crippen MR) is 52.0 cm³/mol. The summed E-state index contributed by atoms with van der Waals surface area (Å²) in [7, 11) is 0. The summed E-state index contributed by atoms with van der Waals surface area (Å²) >= 11 is 0. The molecule has 6 heteroatoms. The van der Waals surface area contributed by atoms with Crippen LogP contribution in [0.3, 0.4) is 0 Å². The maximum atomic E-state index is 10.8. The van der Waals surface area contributed by atoms with Crippen LogP contribution in [0.2, 0.25) is 0 Å². The molecule has 0 aliphatic rings. The van der Waals surface area contributed by atoms with Gasteiger partial charge in [0.05, 0.1) is 11.0 Å². The Kier molecular flexibility index (Phi) is 1.57. The first-order valence-corrected chi connectivity index (χ1v) is 3.86. The van der Waals surface area contributed by atoms with E-state index in [-0.39, 0.29) is 5.95 Å². The Bertz CT molecular complexity index is 517. The fourth-order valence-corrected chi connectivity index (χ4v) is 1.31. The van der Waals surface area contributed by atoms with E-state index in [1.165, 1.54) is 6.07 Å². The van der Waals surface area contributed by atoms with Gasteiger partial charge in [0.15, 0.2) is 0 Å². The number of nitrogens with zero attached hydrogens (tertiary/aromatic N) is 2. The van der Waals surface area contributed by atoms with Crippen molar-refractivity contribution in [2.75, 3.05) is 11.5 Å². The summed E-state index contributed by atoms with van der Waals surface area (Å²) in [4.78, 5) is 14.7. The molecule has 1 aromatic carbocycles. The van der Waals surface area contributed by atoms with E-state index in [9.17, 15) is 4.79 Å². The van der Waals surface area contributed by atoms with Gasteiger partial charge in [0.25, 0.3) is 0 Å². The van der Waals surface area contributed by atoms with E-state index in [4.69, 9.17) is 16.6 Å². The molecule has 0 aliphatic carbocycles. The highest BCUT2D eigenvalue weighted by Crippen LogP contribution is 2.19. The van der Waals surface area contributed by atoms with E-state index in [2.05, 4.69) is 4.98 Å². The lowest BCUT2D eigenvalue weighted by Crippen LogP contribution is -2.11. The van der Waals surface area contributed by atoms with Crippen LogP contribution in [-0.4, -0.2) is 20.8 Å². The monoisotopic (exact) mass is 192 g/mol. The van der Waals surface area contributed by atoms with Crippen LogP contribution in [0.15, 0.2) is 18.2 Å². The van der Waals surface area contributed by atoms with Gasteiger partial charge in [0.2, 0.25) is 5.95 Å². The number of nitrogen functional groups attached to an aromatic ring is 2. The van der Waals surface area contributed by atoms with Gasteiger partial charge < -0.3 is 16.6 Å². The van der Waals surface area contributed by atoms with Gasteiger partial charge in [0, 0.05) is 5.69 Å². The first-order valence-electron chi connectivity index (χ1n) is 3.86. The second-order valence-electron chi connectivity index (χ2n) is 2.84. The maximum Gasteiger partial charge on any atom is 0.418 e. The van der Waals surface area contributed by atoms with Gasteiger partial charge in [-0.3, -0.25) is 0 Å². The predicted octanol–water partition coefficient (Wildman–Crippen LogP) is 0.727. The van der Waals surface area contributed by atoms with Crippen molar-refractivity contribution in [3.05, 3.63) is 18.2 Å². The third-order valence-corrected chi connectivity index (χ3v) is 1.90. The Balaban J connectivity index is 2.86. The summed E-state index contributed by atoms with van der Waals surface area (Å²) in [5.74, 6) is -0.0573. The minimum atomic E-state index is -1.17. The molecule has 5 N–H and O–H groups in total. The summed E-state index contributed by atoms with van der Waals surface area (Å²) in [6.45, 7) is 0. The number of benzene rings is 1. The number of hydrogen-bond acceptors (Lipinski definition) is 4. The lowest BCUT2D eigenvalue weighted by atomic mass is 10.3. The highest BCUT2D eigenvalue weighted by atomic mass is 16.4. The number of imidazole rings is 1. The molecule has 2 rings (SSSR count). The van der Waals surface area contributed by atoms with Crippen molar-refractivity contribution < 1.29 is 9.90 Å². The number of nitrogens with two attached hydrogens (primary N) is 2. The Morgan fingerprint density at radius 3 is 2.79 bits per heavy atom. The first kappa shape index (κ1) is 8.36.